The molecular formula is C13H13FN2. The van der Waals surface area contributed by atoms with Crippen molar-refractivity contribution in [3.8, 4) is 0 Å². The first-order valence-corrected chi connectivity index (χ1v) is 5.09. The largest absolute Gasteiger partial charge is 0.320 e. The lowest BCUT2D eigenvalue weighted by molar-refractivity contribution is 0.616. The molecule has 1 aromatic carbocycles. The number of rotatable bonds is 2. The van der Waals surface area contributed by atoms with Gasteiger partial charge >= 0.3 is 0 Å². The highest BCUT2D eigenvalue weighted by molar-refractivity contribution is 5.32. The first-order valence-electron chi connectivity index (χ1n) is 5.09. The Morgan fingerprint density at radius 3 is 2.69 bits per heavy atom. The molecule has 2 aromatic rings. The standard InChI is InChI=1S/C13H13FN2/c1-9-3-2-4-10(5-9)13(15)11-6-12(14)8-16-7-11/h2-8,13H,15H2,1H3. The number of pyridine rings is 1. The summed E-state index contributed by atoms with van der Waals surface area (Å²) in [6, 6.07) is 8.96. The van der Waals surface area contributed by atoms with Crippen LogP contribution in [0.25, 0.3) is 0 Å². The van der Waals surface area contributed by atoms with Gasteiger partial charge in [-0.2, -0.15) is 0 Å². The van der Waals surface area contributed by atoms with E-state index in [0.717, 1.165) is 11.1 Å². The Morgan fingerprint density at radius 2 is 2.00 bits per heavy atom. The van der Waals surface area contributed by atoms with Crippen molar-refractivity contribution in [2.75, 3.05) is 0 Å². The van der Waals surface area contributed by atoms with Gasteiger partial charge in [-0.1, -0.05) is 29.8 Å². The van der Waals surface area contributed by atoms with Gasteiger partial charge in [-0.15, -0.1) is 0 Å². The van der Waals surface area contributed by atoms with Crippen LogP contribution < -0.4 is 5.73 Å². The molecule has 0 aliphatic heterocycles. The molecule has 0 aliphatic carbocycles. The van der Waals surface area contributed by atoms with E-state index in [4.69, 9.17) is 5.73 Å². The van der Waals surface area contributed by atoms with Crippen molar-refractivity contribution in [1.82, 2.24) is 4.98 Å². The smallest absolute Gasteiger partial charge is 0.141 e. The highest BCUT2D eigenvalue weighted by Gasteiger charge is 2.09. The highest BCUT2D eigenvalue weighted by Crippen LogP contribution is 2.19. The molecule has 2 rings (SSSR count). The minimum absolute atomic E-state index is 0.330. The van der Waals surface area contributed by atoms with Gasteiger partial charge in [0.1, 0.15) is 5.82 Å². The average molecular weight is 216 g/mol. The lowest BCUT2D eigenvalue weighted by Gasteiger charge is -2.12. The number of benzene rings is 1. The maximum absolute atomic E-state index is 13.0. The fourth-order valence-corrected chi connectivity index (χ4v) is 1.65. The van der Waals surface area contributed by atoms with Gasteiger partial charge in [0.05, 0.1) is 12.2 Å². The molecule has 1 aromatic heterocycles. The molecule has 1 unspecified atom stereocenters. The minimum atomic E-state index is -0.361. The van der Waals surface area contributed by atoms with Crippen LogP contribution in [0.4, 0.5) is 4.39 Å². The number of hydrogen-bond acceptors (Lipinski definition) is 2. The lowest BCUT2D eigenvalue weighted by Crippen LogP contribution is -2.12. The first kappa shape index (κ1) is 10.8. The van der Waals surface area contributed by atoms with E-state index in [1.807, 2.05) is 31.2 Å². The second-order valence-corrected chi connectivity index (χ2v) is 3.83. The molecule has 0 bridgehead atoms. The molecule has 0 saturated heterocycles. The minimum Gasteiger partial charge on any atom is -0.320 e. The Morgan fingerprint density at radius 1 is 1.19 bits per heavy atom. The van der Waals surface area contributed by atoms with E-state index in [1.165, 1.54) is 12.3 Å². The summed E-state index contributed by atoms with van der Waals surface area (Å²) < 4.78 is 13.0. The molecule has 0 spiro atoms. The second-order valence-electron chi connectivity index (χ2n) is 3.83. The Balaban J connectivity index is 2.35. The van der Waals surface area contributed by atoms with Gasteiger partial charge in [0.2, 0.25) is 0 Å². The summed E-state index contributed by atoms with van der Waals surface area (Å²) in [7, 11) is 0. The van der Waals surface area contributed by atoms with Crippen LogP contribution in [0.3, 0.4) is 0 Å². The zero-order valence-electron chi connectivity index (χ0n) is 9.02. The molecule has 0 amide bonds. The SMILES string of the molecule is Cc1cccc(C(N)c2cncc(F)c2)c1. The van der Waals surface area contributed by atoms with Crippen LogP contribution in [0.5, 0.6) is 0 Å². The normalized spacial score (nSPS) is 12.4. The summed E-state index contributed by atoms with van der Waals surface area (Å²) >= 11 is 0. The maximum atomic E-state index is 13.0. The molecular weight excluding hydrogens is 203 g/mol. The van der Waals surface area contributed by atoms with Gasteiger partial charge in [-0.25, -0.2) is 4.39 Å². The van der Waals surface area contributed by atoms with Crippen molar-refractivity contribution in [3.05, 3.63) is 65.2 Å². The highest BCUT2D eigenvalue weighted by atomic mass is 19.1. The van der Waals surface area contributed by atoms with Crippen LogP contribution in [0.2, 0.25) is 0 Å². The summed E-state index contributed by atoms with van der Waals surface area (Å²) in [4.78, 5) is 3.80. The fraction of sp³-hybridized carbons (Fsp3) is 0.154. The topological polar surface area (TPSA) is 38.9 Å². The third-order valence-electron chi connectivity index (χ3n) is 2.49. The van der Waals surface area contributed by atoms with Crippen LogP contribution in [-0.4, -0.2) is 4.98 Å². The third kappa shape index (κ3) is 2.25. The summed E-state index contributed by atoms with van der Waals surface area (Å²) in [5.41, 5.74) is 8.83. The van der Waals surface area contributed by atoms with Crippen LogP contribution in [0.1, 0.15) is 22.7 Å². The molecule has 0 radical (unpaired) electrons. The third-order valence-corrected chi connectivity index (χ3v) is 2.49. The lowest BCUT2D eigenvalue weighted by atomic mass is 10.00. The first-order chi connectivity index (χ1) is 7.66. The molecule has 0 fully saturated rings. The molecule has 16 heavy (non-hydrogen) atoms. The van der Waals surface area contributed by atoms with Gasteiger partial charge in [0.15, 0.2) is 0 Å². The Labute approximate surface area is 93.9 Å². The Kier molecular flexibility index (Phi) is 2.97. The summed E-state index contributed by atoms with van der Waals surface area (Å²) in [6.45, 7) is 2.00. The van der Waals surface area contributed by atoms with E-state index in [1.54, 1.807) is 6.20 Å². The predicted molar refractivity (Wildman–Crippen MR) is 61.4 cm³/mol. The number of hydrogen-bond donors (Lipinski definition) is 1. The van der Waals surface area contributed by atoms with E-state index in [9.17, 15) is 4.39 Å². The van der Waals surface area contributed by atoms with Crippen LogP contribution >= 0.6 is 0 Å². The van der Waals surface area contributed by atoms with Crippen molar-refractivity contribution in [2.45, 2.75) is 13.0 Å². The van der Waals surface area contributed by atoms with Crippen molar-refractivity contribution >= 4 is 0 Å². The zero-order chi connectivity index (χ0) is 11.5. The maximum Gasteiger partial charge on any atom is 0.141 e. The average Bonchev–Trinajstić information content (AvgIpc) is 2.28. The van der Waals surface area contributed by atoms with E-state index in [-0.39, 0.29) is 11.9 Å². The molecule has 1 heterocycles. The van der Waals surface area contributed by atoms with Crippen LogP contribution in [0, 0.1) is 12.7 Å². The second kappa shape index (κ2) is 4.41. The number of halogens is 1. The number of aryl methyl sites for hydroxylation is 1. The van der Waals surface area contributed by atoms with E-state index in [0.29, 0.717) is 5.56 Å². The molecule has 0 aliphatic rings. The van der Waals surface area contributed by atoms with Crippen molar-refractivity contribution < 1.29 is 4.39 Å². The van der Waals surface area contributed by atoms with Crippen molar-refractivity contribution in [2.24, 2.45) is 5.73 Å². The molecule has 2 nitrogen and oxygen atoms in total. The summed E-state index contributed by atoms with van der Waals surface area (Å²) in [5.74, 6) is -0.361. The molecule has 3 heteroatoms. The molecule has 0 saturated carbocycles. The Hall–Kier alpha value is -1.74. The zero-order valence-corrected chi connectivity index (χ0v) is 9.02. The summed E-state index contributed by atoms with van der Waals surface area (Å²) in [5, 5.41) is 0. The van der Waals surface area contributed by atoms with Gasteiger partial charge in [0.25, 0.3) is 0 Å². The van der Waals surface area contributed by atoms with E-state index >= 15 is 0 Å². The van der Waals surface area contributed by atoms with Gasteiger partial charge in [-0.3, -0.25) is 4.98 Å². The molecule has 2 N–H and O–H groups in total. The predicted octanol–water partition coefficient (Wildman–Crippen LogP) is 2.58. The quantitative estimate of drug-likeness (QED) is 0.838. The number of nitrogens with two attached hydrogens (primary N) is 1. The van der Waals surface area contributed by atoms with Gasteiger partial charge in [0, 0.05) is 6.20 Å². The number of nitrogens with zero attached hydrogens (tertiary/aromatic N) is 1. The van der Waals surface area contributed by atoms with Crippen LogP contribution in [-0.2, 0) is 0 Å². The fourth-order valence-electron chi connectivity index (χ4n) is 1.65. The Bertz CT molecular complexity index is 451. The van der Waals surface area contributed by atoms with Crippen molar-refractivity contribution in [3.63, 3.8) is 0 Å². The molecule has 1 atom stereocenters. The van der Waals surface area contributed by atoms with Crippen LogP contribution in [0.15, 0.2) is 42.7 Å². The van der Waals surface area contributed by atoms with E-state index < -0.39 is 0 Å². The van der Waals surface area contributed by atoms with Gasteiger partial charge < -0.3 is 5.73 Å². The van der Waals surface area contributed by atoms with Gasteiger partial charge in [-0.05, 0) is 24.1 Å². The monoisotopic (exact) mass is 216 g/mol. The molecule has 82 valence electrons. The van der Waals surface area contributed by atoms with Crippen molar-refractivity contribution in [1.29, 1.82) is 0 Å². The van der Waals surface area contributed by atoms with E-state index in [2.05, 4.69) is 4.98 Å². The summed E-state index contributed by atoms with van der Waals surface area (Å²) in [6.07, 6.45) is 2.77. The number of aromatic nitrogens is 1.